The van der Waals surface area contributed by atoms with Crippen LogP contribution >= 0.6 is 0 Å². The maximum Gasteiger partial charge on any atom is 0.490 e. The zero-order chi connectivity index (χ0) is 28.2. The Labute approximate surface area is 229 Å². The maximum atomic E-state index is 13.1. The minimum absolute atomic E-state index is 0.0333. The van der Waals surface area contributed by atoms with E-state index in [9.17, 15) is 23.1 Å². The van der Waals surface area contributed by atoms with E-state index in [2.05, 4.69) is 42.7 Å². The van der Waals surface area contributed by atoms with Crippen molar-refractivity contribution in [1.82, 2.24) is 25.1 Å². The van der Waals surface area contributed by atoms with Crippen LogP contribution in [-0.4, -0.2) is 86.3 Å². The van der Waals surface area contributed by atoms with Crippen LogP contribution in [0.2, 0.25) is 0 Å². The van der Waals surface area contributed by atoms with E-state index in [-0.39, 0.29) is 36.3 Å². The highest BCUT2D eigenvalue weighted by atomic mass is 19.4. The van der Waals surface area contributed by atoms with Crippen molar-refractivity contribution in [2.45, 2.75) is 75.4 Å². The fourth-order valence-corrected chi connectivity index (χ4v) is 7.27. The standard InChI is InChI=1S/C26H34F3N7O4/c1-13-6-19(35-34-13)30-18-9-20(39-12-16-4-3-5-36(16)2)32-24(31-18)33-21-15-7-14-8-17(21)22(25(38,10-14)11-15)40-23(37)26(27,28)29/h6,9,14-17,21-22,38H,3-5,7-8,10-12H2,1-2H3,(H3,30,31,32,33,34,35)/t14?,15?,16-,17?,21?,22?,25?/m1/s1. The number of likely N-dealkylation sites (tertiary alicyclic amines) is 1. The van der Waals surface area contributed by atoms with Crippen LogP contribution in [0, 0.1) is 24.7 Å². The molecule has 0 aromatic carbocycles. The molecule has 5 aliphatic rings. The van der Waals surface area contributed by atoms with E-state index in [0.717, 1.165) is 31.5 Å². The van der Waals surface area contributed by atoms with Gasteiger partial charge in [-0.05, 0) is 70.9 Å². The zero-order valence-electron chi connectivity index (χ0n) is 22.4. The molecule has 5 fully saturated rings. The van der Waals surface area contributed by atoms with Crippen molar-refractivity contribution in [2.24, 2.45) is 17.8 Å². The SMILES string of the molecule is Cc1cc(Nc2cc(OC[C@H]3CCCN3C)nc(NC3C4CC5CC3C(OC(=O)C(F)(F)F)C(O)(C5)C4)n2)n[nH]1. The Balaban J connectivity index is 1.25. The molecule has 4 N–H and O–H groups in total. The van der Waals surface area contributed by atoms with Crippen LogP contribution in [0.15, 0.2) is 12.1 Å². The van der Waals surface area contributed by atoms with E-state index in [0.29, 0.717) is 37.0 Å². The fraction of sp³-hybridized carbons (Fsp3) is 0.692. The number of carbonyl (C=O) groups is 1. The number of nitrogens with zero attached hydrogens (tertiary/aromatic N) is 4. The van der Waals surface area contributed by atoms with E-state index in [4.69, 9.17) is 9.47 Å². The summed E-state index contributed by atoms with van der Waals surface area (Å²) in [4.78, 5) is 23.2. The van der Waals surface area contributed by atoms with Crippen molar-refractivity contribution in [3.05, 3.63) is 17.8 Å². The third kappa shape index (κ3) is 5.30. The van der Waals surface area contributed by atoms with E-state index >= 15 is 0 Å². The number of rotatable bonds is 8. The van der Waals surface area contributed by atoms with E-state index < -0.39 is 29.8 Å². The fourth-order valence-electron chi connectivity index (χ4n) is 7.27. The van der Waals surface area contributed by atoms with Gasteiger partial charge in [0.15, 0.2) is 5.82 Å². The van der Waals surface area contributed by atoms with Gasteiger partial charge >= 0.3 is 12.1 Å². The summed E-state index contributed by atoms with van der Waals surface area (Å²) >= 11 is 0. The number of halogens is 3. The Morgan fingerprint density at radius 3 is 2.77 bits per heavy atom. The minimum Gasteiger partial charge on any atom is -0.476 e. The molecule has 7 atom stereocenters. The Morgan fingerprint density at radius 2 is 2.08 bits per heavy atom. The van der Waals surface area contributed by atoms with Gasteiger partial charge in [0.2, 0.25) is 11.8 Å². The predicted molar refractivity (Wildman–Crippen MR) is 137 cm³/mol. The molecule has 218 valence electrons. The molecule has 14 heteroatoms. The van der Waals surface area contributed by atoms with Crippen molar-refractivity contribution in [2.75, 3.05) is 30.8 Å². The number of anilines is 3. The van der Waals surface area contributed by atoms with Crippen molar-refractivity contribution in [3.63, 3.8) is 0 Å². The molecule has 1 aliphatic heterocycles. The lowest BCUT2D eigenvalue weighted by Gasteiger charge is -2.61. The molecular weight excluding hydrogens is 531 g/mol. The summed E-state index contributed by atoms with van der Waals surface area (Å²) < 4.78 is 50.3. The molecule has 4 saturated carbocycles. The molecule has 3 heterocycles. The van der Waals surface area contributed by atoms with Crippen molar-refractivity contribution < 1.29 is 32.5 Å². The first-order chi connectivity index (χ1) is 19.0. The molecule has 7 rings (SSSR count). The van der Waals surface area contributed by atoms with E-state index in [1.807, 2.05) is 13.0 Å². The van der Waals surface area contributed by atoms with Gasteiger partial charge in [-0.3, -0.25) is 5.10 Å². The van der Waals surface area contributed by atoms with Gasteiger partial charge in [0.05, 0.1) is 0 Å². The molecule has 0 spiro atoms. The predicted octanol–water partition coefficient (Wildman–Crippen LogP) is 3.16. The molecule has 11 nitrogen and oxygen atoms in total. The lowest BCUT2D eigenvalue weighted by atomic mass is 9.51. The van der Waals surface area contributed by atoms with Gasteiger partial charge in [-0.2, -0.15) is 28.2 Å². The van der Waals surface area contributed by atoms with Gasteiger partial charge in [-0.25, -0.2) is 4.79 Å². The first-order valence-corrected chi connectivity index (χ1v) is 13.7. The lowest BCUT2D eigenvalue weighted by Crippen LogP contribution is -2.68. The summed E-state index contributed by atoms with van der Waals surface area (Å²) in [5.41, 5.74) is -0.610. The number of H-pyrrole nitrogens is 1. The van der Waals surface area contributed by atoms with Crippen molar-refractivity contribution in [3.8, 4) is 5.88 Å². The summed E-state index contributed by atoms with van der Waals surface area (Å²) in [5.74, 6) is -1.11. The van der Waals surface area contributed by atoms with E-state index in [1.54, 1.807) is 6.07 Å². The average Bonchev–Trinajstić information content (AvgIpc) is 3.48. The van der Waals surface area contributed by atoms with Gasteiger partial charge < -0.3 is 30.1 Å². The van der Waals surface area contributed by atoms with Crippen LogP contribution in [-0.2, 0) is 9.53 Å². The number of nitrogens with one attached hydrogen (secondary N) is 3. The molecule has 4 aliphatic carbocycles. The molecule has 2 aromatic heterocycles. The normalized spacial score (nSPS) is 33.2. The molecular formula is C26H34F3N7O4. The second kappa shape index (κ2) is 10.1. The van der Waals surface area contributed by atoms with Crippen LogP contribution in [0.25, 0.3) is 0 Å². The summed E-state index contributed by atoms with van der Waals surface area (Å²) in [5, 5.41) is 24.8. The average molecular weight is 566 g/mol. The Bertz CT molecular complexity index is 1260. The molecule has 2 aromatic rings. The molecule has 4 bridgehead atoms. The zero-order valence-corrected chi connectivity index (χ0v) is 22.4. The number of hydrogen-bond donors (Lipinski definition) is 4. The third-order valence-corrected chi connectivity index (χ3v) is 8.91. The number of carbonyl (C=O) groups excluding carboxylic acids is 1. The summed E-state index contributed by atoms with van der Waals surface area (Å²) in [6, 6.07) is 3.38. The Hall–Kier alpha value is -3.13. The lowest BCUT2D eigenvalue weighted by molar-refractivity contribution is -0.249. The number of alkyl halides is 3. The van der Waals surface area contributed by atoms with Crippen LogP contribution in [0.3, 0.4) is 0 Å². The summed E-state index contributed by atoms with van der Waals surface area (Å²) in [6.45, 7) is 3.33. The highest BCUT2D eigenvalue weighted by molar-refractivity contribution is 5.76. The monoisotopic (exact) mass is 565 g/mol. The van der Waals surface area contributed by atoms with Gasteiger partial charge in [0.25, 0.3) is 0 Å². The summed E-state index contributed by atoms with van der Waals surface area (Å²) in [7, 11) is 2.06. The smallest absolute Gasteiger partial charge is 0.476 e. The van der Waals surface area contributed by atoms with Gasteiger partial charge in [0.1, 0.15) is 24.1 Å². The topological polar surface area (TPSA) is 138 Å². The minimum atomic E-state index is -5.14. The molecule has 0 amide bonds. The number of aryl methyl sites for hydroxylation is 1. The number of hydrogen-bond acceptors (Lipinski definition) is 10. The Kier molecular flexibility index (Phi) is 6.80. The van der Waals surface area contributed by atoms with Crippen LogP contribution in [0.4, 0.5) is 30.8 Å². The second-order valence-electron chi connectivity index (χ2n) is 11.8. The van der Waals surface area contributed by atoms with Crippen LogP contribution in [0.1, 0.15) is 44.2 Å². The van der Waals surface area contributed by atoms with E-state index in [1.165, 1.54) is 0 Å². The Morgan fingerprint density at radius 1 is 1.25 bits per heavy atom. The largest absolute Gasteiger partial charge is 0.490 e. The van der Waals surface area contributed by atoms with Crippen LogP contribution < -0.4 is 15.4 Å². The number of esters is 1. The summed E-state index contributed by atoms with van der Waals surface area (Å²) in [6.07, 6.45) is -2.37. The second-order valence-corrected chi connectivity index (χ2v) is 11.8. The highest BCUT2D eigenvalue weighted by Gasteiger charge is 2.63. The number of aromatic amines is 1. The van der Waals surface area contributed by atoms with Crippen molar-refractivity contribution in [1.29, 1.82) is 0 Å². The third-order valence-electron chi connectivity index (χ3n) is 8.91. The van der Waals surface area contributed by atoms with Gasteiger partial charge in [-0.15, -0.1) is 0 Å². The van der Waals surface area contributed by atoms with Gasteiger partial charge in [-0.1, -0.05) is 0 Å². The molecule has 6 unspecified atom stereocenters. The number of aromatic nitrogens is 4. The molecule has 1 saturated heterocycles. The molecule has 0 radical (unpaired) electrons. The van der Waals surface area contributed by atoms with Crippen molar-refractivity contribution >= 4 is 23.6 Å². The number of likely N-dealkylation sites (N-methyl/N-ethyl adjacent to an activating group) is 1. The quantitative estimate of drug-likeness (QED) is 0.353. The van der Waals surface area contributed by atoms with Gasteiger partial charge in [0, 0.05) is 35.8 Å². The van der Waals surface area contributed by atoms with Crippen LogP contribution in [0.5, 0.6) is 5.88 Å². The maximum absolute atomic E-state index is 13.1. The number of ether oxygens (including phenoxy) is 2. The number of aliphatic hydroxyl groups is 1. The highest BCUT2D eigenvalue weighted by Crippen LogP contribution is 2.57. The first kappa shape index (κ1) is 27.1. The first-order valence-electron chi connectivity index (χ1n) is 13.7. The molecule has 40 heavy (non-hydrogen) atoms.